The molecule has 0 amide bonds. The van der Waals surface area contributed by atoms with Crippen molar-refractivity contribution >= 4 is 23.5 Å². The number of rotatable bonds is 3. The van der Waals surface area contributed by atoms with E-state index in [2.05, 4.69) is 39.9 Å². The van der Waals surface area contributed by atoms with Gasteiger partial charge in [-0.05, 0) is 34.6 Å². The van der Waals surface area contributed by atoms with Crippen LogP contribution in [0.1, 0.15) is 48.8 Å². The van der Waals surface area contributed by atoms with Gasteiger partial charge >= 0.3 is 0 Å². The zero-order valence-electron chi connectivity index (χ0n) is 13.1. The van der Waals surface area contributed by atoms with Crippen LogP contribution in [0.15, 0.2) is 0 Å². The summed E-state index contributed by atoms with van der Waals surface area (Å²) in [6, 6.07) is 0. The Hall–Kier alpha value is -0.260. The van der Waals surface area contributed by atoms with Crippen LogP contribution in [0.4, 0.5) is 0 Å². The minimum absolute atomic E-state index is 0.118. The van der Waals surface area contributed by atoms with E-state index in [1.807, 2.05) is 23.5 Å². The van der Waals surface area contributed by atoms with Crippen LogP contribution < -0.4 is 5.32 Å². The molecule has 1 aromatic heterocycles. The Morgan fingerprint density at radius 3 is 2.30 bits per heavy atom. The van der Waals surface area contributed by atoms with Gasteiger partial charge < -0.3 is 5.32 Å². The number of thioether (sulfide) groups is 2. The molecule has 0 spiro atoms. The molecule has 1 fully saturated rings. The first-order valence-electron chi connectivity index (χ1n) is 7.15. The molecule has 2 rings (SSSR count). The standard InChI is InChI=1S/C15H25N3S2/c1-10-12(8-16-15(3,4)5)11(2)18-14(17-10)13-9-19-6-7-20-13/h13,16H,6-9H2,1-5H3. The lowest BCUT2D eigenvalue weighted by atomic mass is 10.1. The van der Waals surface area contributed by atoms with Crippen molar-refractivity contribution in [3.63, 3.8) is 0 Å². The second kappa shape index (κ2) is 6.67. The van der Waals surface area contributed by atoms with Crippen molar-refractivity contribution in [3.8, 4) is 0 Å². The molecule has 0 saturated carbocycles. The Bertz CT molecular complexity index is 440. The van der Waals surface area contributed by atoms with Gasteiger partial charge in [0.1, 0.15) is 5.82 Å². The van der Waals surface area contributed by atoms with Crippen molar-refractivity contribution in [2.75, 3.05) is 17.3 Å². The topological polar surface area (TPSA) is 37.8 Å². The van der Waals surface area contributed by atoms with Crippen molar-refractivity contribution < 1.29 is 0 Å². The summed E-state index contributed by atoms with van der Waals surface area (Å²) in [6.45, 7) is 11.6. The van der Waals surface area contributed by atoms with Crippen molar-refractivity contribution in [1.82, 2.24) is 15.3 Å². The van der Waals surface area contributed by atoms with Gasteiger partial charge in [-0.25, -0.2) is 9.97 Å². The maximum absolute atomic E-state index is 4.77. The van der Waals surface area contributed by atoms with E-state index in [4.69, 9.17) is 9.97 Å². The molecular weight excluding hydrogens is 286 g/mol. The van der Waals surface area contributed by atoms with Crippen LogP contribution in [0.2, 0.25) is 0 Å². The number of aryl methyl sites for hydroxylation is 2. The lowest BCUT2D eigenvalue weighted by Crippen LogP contribution is -2.35. The molecule has 5 heteroatoms. The third kappa shape index (κ3) is 4.37. The van der Waals surface area contributed by atoms with Gasteiger partial charge in [0.25, 0.3) is 0 Å². The fraction of sp³-hybridized carbons (Fsp3) is 0.733. The summed E-state index contributed by atoms with van der Waals surface area (Å²) in [5, 5.41) is 4.00. The highest BCUT2D eigenvalue weighted by Crippen LogP contribution is 2.35. The summed E-state index contributed by atoms with van der Waals surface area (Å²) in [4.78, 5) is 9.55. The second-order valence-electron chi connectivity index (χ2n) is 6.27. The van der Waals surface area contributed by atoms with Gasteiger partial charge in [-0.2, -0.15) is 11.8 Å². The lowest BCUT2D eigenvalue weighted by Gasteiger charge is -2.23. The van der Waals surface area contributed by atoms with Crippen LogP contribution in [-0.2, 0) is 6.54 Å². The first-order valence-corrected chi connectivity index (χ1v) is 9.35. The second-order valence-corrected chi connectivity index (χ2v) is 8.73. The zero-order valence-corrected chi connectivity index (χ0v) is 14.7. The van der Waals surface area contributed by atoms with Gasteiger partial charge in [0.15, 0.2) is 0 Å². The summed E-state index contributed by atoms with van der Waals surface area (Å²) in [5.41, 5.74) is 3.62. The number of hydrogen-bond acceptors (Lipinski definition) is 5. The zero-order chi connectivity index (χ0) is 14.8. The molecule has 0 aliphatic carbocycles. The summed E-state index contributed by atoms with van der Waals surface area (Å²) < 4.78 is 0. The van der Waals surface area contributed by atoms with Crippen molar-refractivity contribution in [1.29, 1.82) is 0 Å². The molecule has 1 aliphatic heterocycles. The van der Waals surface area contributed by atoms with E-state index in [-0.39, 0.29) is 5.54 Å². The number of nitrogens with zero attached hydrogens (tertiary/aromatic N) is 2. The van der Waals surface area contributed by atoms with Crippen molar-refractivity contribution in [2.24, 2.45) is 0 Å². The van der Waals surface area contributed by atoms with Crippen LogP contribution in [0.25, 0.3) is 0 Å². The Morgan fingerprint density at radius 2 is 1.80 bits per heavy atom. The smallest absolute Gasteiger partial charge is 0.142 e. The minimum atomic E-state index is 0.118. The SMILES string of the molecule is Cc1nc(C2CSCCS2)nc(C)c1CNC(C)(C)C. The Kier molecular flexibility index (Phi) is 5.37. The van der Waals surface area contributed by atoms with Crippen LogP contribution >= 0.6 is 23.5 Å². The number of hydrogen-bond donors (Lipinski definition) is 1. The van der Waals surface area contributed by atoms with Crippen LogP contribution in [0.3, 0.4) is 0 Å². The van der Waals surface area contributed by atoms with E-state index in [9.17, 15) is 0 Å². The van der Waals surface area contributed by atoms with Gasteiger partial charge in [0.05, 0.1) is 5.25 Å². The summed E-state index contributed by atoms with van der Waals surface area (Å²) in [5.74, 6) is 4.64. The molecule has 1 N–H and O–H groups in total. The molecule has 1 unspecified atom stereocenters. The molecule has 1 saturated heterocycles. The van der Waals surface area contributed by atoms with E-state index < -0.39 is 0 Å². The molecule has 0 aromatic carbocycles. The Morgan fingerprint density at radius 1 is 1.15 bits per heavy atom. The molecule has 112 valence electrons. The fourth-order valence-corrected chi connectivity index (χ4v) is 4.75. The molecule has 0 bridgehead atoms. The molecule has 1 aliphatic rings. The molecule has 0 radical (unpaired) electrons. The van der Waals surface area contributed by atoms with Crippen molar-refractivity contribution in [3.05, 3.63) is 22.8 Å². The van der Waals surface area contributed by atoms with Gasteiger partial charge in [-0.3, -0.25) is 0 Å². The van der Waals surface area contributed by atoms with Crippen LogP contribution in [-0.4, -0.2) is 32.8 Å². The molecular formula is C15H25N3S2. The van der Waals surface area contributed by atoms with Gasteiger partial charge in [-0.15, -0.1) is 11.8 Å². The van der Waals surface area contributed by atoms with Crippen molar-refractivity contribution in [2.45, 2.75) is 52.0 Å². The van der Waals surface area contributed by atoms with E-state index in [1.54, 1.807) is 0 Å². The van der Waals surface area contributed by atoms with E-state index in [0.29, 0.717) is 5.25 Å². The highest BCUT2D eigenvalue weighted by atomic mass is 32.2. The molecule has 1 atom stereocenters. The third-order valence-corrected chi connectivity index (χ3v) is 6.09. The number of nitrogens with one attached hydrogen (secondary N) is 1. The van der Waals surface area contributed by atoms with E-state index in [1.165, 1.54) is 17.1 Å². The molecule has 2 heterocycles. The molecule has 3 nitrogen and oxygen atoms in total. The van der Waals surface area contributed by atoms with Gasteiger partial charge in [-0.1, -0.05) is 0 Å². The minimum Gasteiger partial charge on any atom is -0.308 e. The van der Waals surface area contributed by atoms with E-state index in [0.717, 1.165) is 29.5 Å². The van der Waals surface area contributed by atoms with Crippen LogP contribution in [0, 0.1) is 13.8 Å². The monoisotopic (exact) mass is 311 g/mol. The van der Waals surface area contributed by atoms with Gasteiger partial charge in [0.2, 0.25) is 0 Å². The maximum atomic E-state index is 4.77. The third-order valence-electron chi connectivity index (χ3n) is 3.34. The number of aromatic nitrogens is 2. The predicted molar refractivity (Wildman–Crippen MR) is 90.6 cm³/mol. The summed E-state index contributed by atoms with van der Waals surface area (Å²) in [6.07, 6.45) is 0. The maximum Gasteiger partial charge on any atom is 0.142 e. The molecule has 1 aromatic rings. The largest absolute Gasteiger partial charge is 0.308 e. The average Bonchev–Trinajstić information content (AvgIpc) is 2.37. The normalized spacial score (nSPS) is 20.1. The highest BCUT2D eigenvalue weighted by molar-refractivity contribution is 8.06. The average molecular weight is 312 g/mol. The van der Waals surface area contributed by atoms with Gasteiger partial charge in [0, 0.05) is 46.3 Å². The quantitative estimate of drug-likeness (QED) is 0.925. The predicted octanol–water partition coefficient (Wildman–Crippen LogP) is 3.50. The first-order chi connectivity index (χ1) is 9.37. The Labute approximate surface area is 131 Å². The first kappa shape index (κ1) is 16.1. The lowest BCUT2D eigenvalue weighted by molar-refractivity contribution is 0.422. The summed E-state index contributed by atoms with van der Waals surface area (Å²) >= 11 is 4.01. The fourth-order valence-electron chi connectivity index (χ4n) is 2.16. The molecule has 20 heavy (non-hydrogen) atoms. The highest BCUT2D eigenvalue weighted by Gasteiger charge is 2.21. The summed E-state index contributed by atoms with van der Waals surface area (Å²) in [7, 11) is 0. The van der Waals surface area contributed by atoms with E-state index >= 15 is 0 Å². The van der Waals surface area contributed by atoms with Crippen LogP contribution in [0.5, 0.6) is 0 Å². The Balaban J connectivity index is 2.15.